The molecule has 0 saturated carbocycles. The maximum atomic E-state index is 11.6. The summed E-state index contributed by atoms with van der Waals surface area (Å²) in [6.07, 6.45) is 4.46. The van der Waals surface area contributed by atoms with Gasteiger partial charge >= 0.3 is 5.97 Å². The van der Waals surface area contributed by atoms with Gasteiger partial charge in [-0.1, -0.05) is 32.3 Å². The van der Waals surface area contributed by atoms with E-state index in [1.165, 1.54) is 20.0 Å². The van der Waals surface area contributed by atoms with Crippen LogP contribution in [0.1, 0.15) is 43.0 Å². The summed E-state index contributed by atoms with van der Waals surface area (Å²) in [5.41, 5.74) is 6.67. The predicted octanol–water partition coefficient (Wildman–Crippen LogP) is 3.01. The van der Waals surface area contributed by atoms with E-state index in [1.807, 2.05) is 0 Å². The smallest absolute Gasteiger partial charge is 0.341 e. The number of ether oxygens (including phenoxy) is 2. The highest BCUT2D eigenvalue weighted by Crippen LogP contribution is 2.27. The monoisotopic (exact) mass is 251 g/mol. The number of benzene rings is 1. The zero-order valence-corrected chi connectivity index (χ0v) is 11.1. The lowest BCUT2D eigenvalue weighted by Gasteiger charge is -2.12. The normalized spacial score (nSPS) is 10.1. The molecule has 18 heavy (non-hydrogen) atoms. The van der Waals surface area contributed by atoms with Gasteiger partial charge < -0.3 is 15.2 Å². The van der Waals surface area contributed by atoms with Crippen LogP contribution in [-0.4, -0.2) is 19.7 Å². The highest BCUT2D eigenvalue weighted by atomic mass is 16.5. The molecule has 0 atom stereocenters. The molecule has 0 unspecified atom stereocenters. The summed E-state index contributed by atoms with van der Waals surface area (Å²) in [7, 11) is 1.34. The molecular weight excluding hydrogens is 230 g/mol. The first-order chi connectivity index (χ1) is 8.70. The zero-order valence-electron chi connectivity index (χ0n) is 11.1. The van der Waals surface area contributed by atoms with Crippen LogP contribution >= 0.6 is 0 Å². The van der Waals surface area contributed by atoms with Crippen molar-refractivity contribution < 1.29 is 14.3 Å². The van der Waals surface area contributed by atoms with E-state index >= 15 is 0 Å². The van der Waals surface area contributed by atoms with E-state index < -0.39 is 5.97 Å². The van der Waals surface area contributed by atoms with Gasteiger partial charge in [-0.05, 0) is 18.6 Å². The molecular formula is C14H21NO3. The van der Waals surface area contributed by atoms with Crippen molar-refractivity contribution >= 4 is 11.7 Å². The van der Waals surface area contributed by atoms with E-state index in [1.54, 1.807) is 18.2 Å². The average molecular weight is 251 g/mol. The summed E-state index contributed by atoms with van der Waals surface area (Å²) in [6.45, 7) is 2.73. The van der Waals surface area contributed by atoms with E-state index in [0.717, 1.165) is 12.8 Å². The SMILES string of the molecule is CCCCCCOc1c(N)cccc1C(=O)OC. The Bertz CT molecular complexity index is 391. The highest BCUT2D eigenvalue weighted by molar-refractivity contribution is 5.94. The Morgan fingerprint density at radius 2 is 2.06 bits per heavy atom. The maximum absolute atomic E-state index is 11.6. The summed E-state index contributed by atoms with van der Waals surface area (Å²) >= 11 is 0. The third kappa shape index (κ3) is 3.95. The molecule has 0 aliphatic heterocycles. The van der Waals surface area contributed by atoms with Crippen molar-refractivity contribution in [2.75, 3.05) is 19.5 Å². The summed E-state index contributed by atoms with van der Waals surface area (Å²) in [6, 6.07) is 5.09. The minimum absolute atomic E-state index is 0.382. The average Bonchev–Trinajstić information content (AvgIpc) is 2.39. The van der Waals surface area contributed by atoms with Crippen molar-refractivity contribution in [1.82, 2.24) is 0 Å². The number of rotatable bonds is 7. The molecule has 4 heteroatoms. The first-order valence-corrected chi connectivity index (χ1v) is 6.30. The van der Waals surface area contributed by atoms with Crippen LogP contribution in [0.4, 0.5) is 5.69 Å². The number of carbonyl (C=O) groups is 1. The molecule has 0 bridgehead atoms. The summed E-state index contributed by atoms with van der Waals surface area (Å²) < 4.78 is 10.3. The van der Waals surface area contributed by atoms with Gasteiger partial charge in [0.15, 0.2) is 5.75 Å². The number of hydrogen-bond acceptors (Lipinski definition) is 4. The predicted molar refractivity (Wildman–Crippen MR) is 71.8 cm³/mol. The van der Waals surface area contributed by atoms with Crippen molar-refractivity contribution in [3.05, 3.63) is 23.8 Å². The summed E-state index contributed by atoms with van der Waals surface area (Å²) in [5, 5.41) is 0. The second-order valence-corrected chi connectivity index (χ2v) is 4.12. The molecule has 0 radical (unpaired) electrons. The number of unbranched alkanes of at least 4 members (excludes halogenated alkanes) is 3. The van der Waals surface area contributed by atoms with Crippen molar-refractivity contribution in [1.29, 1.82) is 0 Å². The number of methoxy groups -OCH3 is 1. The van der Waals surface area contributed by atoms with Crippen molar-refractivity contribution in [2.45, 2.75) is 32.6 Å². The fraction of sp³-hybridized carbons (Fsp3) is 0.500. The fourth-order valence-corrected chi connectivity index (χ4v) is 1.69. The molecule has 0 amide bonds. The number of hydrogen-bond donors (Lipinski definition) is 1. The summed E-state index contributed by atoms with van der Waals surface area (Å²) in [5.74, 6) is 0.00621. The van der Waals surface area contributed by atoms with Crippen LogP contribution in [0, 0.1) is 0 Å². The second kappa shape index (κ2) is 7.58. The molecule has 0 aromatic heterocycles. The molecule has 0 fully saturated rings. The Morgan fingerprint density at radius 1 is 1.28 bits per heavy atom. The fourth-order valence-electron chi connectivity index (χ4n) is 1.69. The molecule has 4 nitrogen and oxygen atoms in total. The van der Waals surface area contributed by atoms with Crippen molar-refractivity contribution in [3.63, 3.8) is 0 Å². The van der Waals surface area contributed by atoms with Gasteiger partial charge in [0.1, 0.15) is 5.56 Å². The van der Waals surface area contributed by atoms with Crippen molar-refractivity contribution in [3.8, 4) is 5.75 Å². The first kappa shape index (κ1) is 14.4. The van der Waals surface area contributed by atoms with Gasteiger partial charge in [0.05, 0.1) is 19.4 Å². The topological polar surface area (TPSA) is 61.5 Å². The second-order valence-electron chi connectivity index (χ2n) is 4.12. The Labute approximate surface area is 108 Å². The quantitative estimate of drug-likeness (QED) is 0.459. The number of para-hydroxylation sites is 1. The van der Waals surface area contributed by atoms with Crippen molar-refractivity contribution in [2.24, 2.45) is 0 Å². The Kier molecular flexibility index (Phi) is 6.05. The Morgan fingerprint density at radius 3 is 2.72 bits per heavy atom. The molecule has 2 N–H and O–H groups in total. The van der Waals surface area contributed by atoms with Crippen LogP contribution in [0.2, 0.25) is 0 Å². The molecule has 1 aromatic carbocycles. The van der Waals surface area contributed by atoms with Crippen LogP contribution < -0.4 is 10.5 Å². The molecule has 1 aromatic rings. The molecule has 0 heterocycles. The molecule has 0 spiro atoms. The molecule has 1 rings (SSSR count). The van der Waals surface area contributed by atoms with Gasteiger partial charge in [-0.25, -0.2) is 4.79 Å². The van der Waals surface area contributed by atoms with E-state index in [9.17, 15) is 4.79 Å². The van der Waals surface area contributed by atoms with Crippen LogP contribution in [0.25, 0.3) is 0 Å². The number of nitrogen functional groups attached to an aromatic ring is 1. The van der Waals surface area contributed by atoms with E-state index in [-0.39, 0.29) is 0 Å². The van der Waals surface area contributed by atoms with Crippen LogP contribution in [-0.2, 0) is 4.74 Å². The van der Waals surface area contributed by atoms with Gasteiger partial charge in [0.25, 0.3) is 0 Å². The van der Waals surface area contributed by atoms with Gasteiger partial charge in [-0.2, -0.15) is 0 Å². The minimum Gasteiger partial charge on any atom is -0.491 e. The van der Waals surface area contributed by atoms with E-state index in [0.29, 0.717) is 23.6 Å². The zero-order chi connectivity index (χ0) is 13.4. The van der Waals surface area contributed by atoms with E-state index in [2.05, 4.69) is 6.92 Å². The molecule has 100 valence electrons. The standard InChI is InChI=1S/C14H21NO3/c1-3-4-5-6-10-18-13-11(14(16)17-2)8-7-9-12(13)15/h7-9H,3-6,10,15H2,1-2H3. The Balaban J connectivity index is 2.65. The Hall–Kier alpha value is -1.71. The third-order valence-electron chi connectivity index (χ3n) is 2.70. The van der Waals surface area contributed by atoms with Gasteiger partial charge in [0, 0.05) is 0 Å². The molecule has 0 aliphatic rings. The lowest BCUT2D eigenvalue weighted by Crippen LogP contribution is -2.08. The lowest BCUT2D eigenvalue weighted by atomic mass is 10.1. The molecule has 0 aliphatic carbocycles. The van der Waals surface area contributed by atoms with Crippen LogP contribution in [0.3, 0.4) is 0 Å². The highest BCUT2D eigenvalue weighted by Gasteiger charge is 2.15. The van der Waals surface area contributed by atoms with Gasteiger partial charge in [-0.15, -0.1) is 0 Å². The number of carbonyl (C=O) groups excluding carboxylic acids is 1. The van der Waals surface area contributed by atoms with Gasteiger partial charge in [-0.3, -0.25) is 0 Å². The lowest BCUT2D eigenvalue weighted by molar-refractivity contribution is 0.0596. The van der Waals surface area contributed by atoms with Crippen LogP contribution in [0.15, 0.2) is 18.2 Å². The van der Waals surface area contributed by atoms with Crippen LogP contribution in [0.5, 0.6) is 5.75 Å². The number of nitrogens with two attached hydrogens (primary N) is 1. The van der Waals surface area contributed by atoms with Gasteiger partial charge in [0.2, 0.25) is 0 Å². The number of anilines is 1. The number of esters is 1. The van der Waals surface area contributed by atoms with E-state index in [4.69, 9.17) is 15.2 Å². The first-order valence-electron chi connectivity index (χ1n) is 6.30. The minimum atomic E-state index is -0.425. The maximum Gasteiger partial charge on any atom is 0.341 e. The summed E-state index contributed by atoms with van der Waals surface area (Å²) in [4.78, 5) is 11.6. The third-order valence-corrected chi connectivity index (χ3v) is 2.70. The largest absolute Gasteiger partial charge is 0.491 e. The molecule has 0 saturated heterocycles.